The Hall–Kier alpha value is -1.17. The first-order chi connectivity index (χ1) is 8.08. The maximum Gasteiger partial charge on any atom is 0.240 e. The van der Waals surface area contributed by atoms with E-state index < -0.39 is 6.04 Å². The van der Waals surface area contributed by atoms with Crippen molar-refractivity contribution in [2.45, 2.75) is 13.0 Å². The monoisotopic (exact) mass is 307 g/mol. The highest BCUT2D eigenvalue weighted by atomic mass is 35.5. The molecule has 1 aromatic rings. The van der Waals surface area contributed by atoms with Gasteiger partial charge in [-0.1, -0.05) is 0 Å². The van der Waals surface area contributed by atoms with Crippen molar-refractivity contribution in [3.8, 4) is 5.75 Å². The normalized spacial score (nSPS) is 14.2. The van der Waals surface area contributed by atoms with E-state index in [1.807, 2.05) is 25.2 Å². The lowest BCUT2D eigenvalue weighted by atomic mass is 10.2. The molecule has 0 saturated carbocycles. The highest BCUT2D eigenvalue weighted by molar-refractivity contribution is 5.95. The number of hydrogen-bond donors (Lipinski definition) is 2. The summed E-state index contributed by atoms with van der Waals surface area (Å²) in [5, 5.41) is 2.77. The van der Waals surface area contributed by atoms with Crippen LogP contribution in [0.15, 0.2) is 18.2 Å². The lowest BCUT2D eigenvalue weighted by Gasteiger charge is -2.28. The third-order valence-electron chi connectivity index (χ3n) is 2.74. The molecule has 108 valence electrons. The zero-order chi connectivity index (χ0) is 12.4. The molecule has 0 bridgehead atoms. The van der Waals surface area contributed by atoms with Crippen molar-refractivity contribution >= 4 is 42.1 Å². The standard InChI is InChI=1S/C12H17N3O2.2ClH/c1-8(13)12(16)14-9-3-4-11-10(7-9)15(2)5-6-17-11;;/h3-4,7-8H,5-6,13H2,1-2H3,(H,14,16);2*1H/t8-;;/m1../s1. The molecule has 19 heavy (non-hydrogen) atoms. The third kappa shape index (κ3) is 4.16. The average Bonchev–Trinajstić information content (AvgIpc) is 2.30. The second-order valence-corrected chi connectivity index (χ2v) is 4.23. The van der Waals surface area contributed by atoms with Gasteiger partial charge in [-0.2, -0.15) is 0 Å². The van der Waals surface area contributed by atoms with Gasteiger partial charge < -0.3 is 20.7 Å². The Morgan fingerprint density at radius 1 is 1.47 bits per heavy atom. The van der Waals surface area contributed by atoms with Crippen molar-refractivity contribution in [1.82, 2.24) is 0 Å². The van der Waals surface area contributed by atoms with E-state index in [0.717, 1.165) is 23.7 Å². The average molecular weight is 308 g/mol. The smallest absolute Gasteiger partial charge is 0.240 e. The second-order valence-electron chi connectivity index (χ2n) is 4.23. The summed E-state index contributed by atoms with van der Waals surface area (Å²) in [5.41, 5.74) is 7.23. The number of rotatable bonds is 2. The molecule has 0 fully saturated rings. The number of benzene rings is 1. The number of halogens is 2. The number of carbonyl (C=O) groups excluding carboxylic acids is 1. The molecular weight excluding hydrogens is 289 g/mol. The first-order valence-corrected chi connectivity index (χ1v) is 5.62. The summed E-state index contributed by atoms with van der Waals surface area (Å²) in [6.07, 6.45) is 0. The molecule has 0 saturated heterocycles. The number of amides is 1. The molecule has 1 aromatic carbocycles. The van der Waals surface area contributed by atoms with Gasteiger partial charge in [0.2, 0.25) is 5.91 Å². The van der Waals surface area contributed by atoms with Crippen molar-refractivity contribution < 1.29 is 9.53 Å². The molecular formula is C12H19Cl2N3O2. The third-order valence-corrected chi connectivity index (χ3v) is 2.74. The summed E-state index contributed by atoms with van der Waals surface area (Å²) < 4.78 is 5.52. The highest BCUT2D eigenvalue weighted by Gasteiger charge is 2.16. The van der Waals surface area contributed by atoms with E-state index in [1.165, 1.54) is 0 Å². The van der Waals surface area contributed by atoms with E-state index in [4.69, 9.17) is 10.5 Å². The zero-order valence-electron chi connectivity index (χ0n) is 10.9. The molecule has 0 radical (unpaired) electrons. The van der Waals surface area contributed by atoms with Crippen molar-refractivity contribution in [3.63, 3.8) is 0 Å². The van der Waals surface area contributed by atoms with E-state index in [1.54, 1.807) is 6.92 Å². The maximum atomic E-state index is 11.5. The van der Waals surface area contributed by atoms with Crippen molar-refractivity contribution in [2.75, 3.05) is 30.4 Å². The Labute approximate surface area is 125 Å². The summed E-state index contributed by atoms with van der Waals surface area (Å²) in [4.78, 5) is 13.6. The van der Waals surface area contributed by atoms with Crippen LogP contribution in [0.5, 0.6) is 5.75 Å². The van der Waals surface area contributed by atoms with Crippen LogP contribution >= 0.6 is 24.8 Å². The van der Waals surface area contributed by atoms with Crippen LogP contribution in [-0.2, 0) is 4.79 Å². The van der Waals surface area contributed by atoms with Gasteiger partial charge in [0.15, 0.2) is 0 Å². The first kappa shape index (κ1) is 17.8. The van der Waals surface area contributed by atoms with Gasteiger partial charge in [0.25, 0.3) is 0 Å². The molecule has 1 aliphatic rings. The Bertz CT molecular complexity index is 441. The minimum atomic E-state index is -0.514. The molecule has 1 atom stereocenters. The first-order valence-electron chi connectivity index (χ1n) is 5.62. The van der Waals surface area contributed by atoms with E-state index in [-0.39, 0.29) is 30.7 Å². The number of hydrogen-bond acceptors (Lipinski definition) is 4. The van der Waals surface area contributed by atoms with Gasteiger partial charge in [0.1, 0.15) is 12.4 Å². The van der Waals surface area contributed by atoms with E-state index in [2.05, 4.69) is 10.2 Å². The Morgan fingerprint density at radius 3 is 2.79 bits per heavy atom. The van der Waals surface area contributed by atoms with Crippen LogP contribution in [0.1, 0.15) is 6.92 Å². The molecule has 1 heterocycles. The minimum Gasteiger partial charge on any atom is -0.490 e. The van der Waals surface area contributed by atoms with Crippen LogP contribution in [-0.4, -0.2) is 32.1 Å². The fourth-order valence-electron chi connectivity index (χ4n) is 1.68. The van der Waals surface area contributed by atoms with Crippen LogP contribution in [0.2, 0.25) is 0 Å². The Morgan fingerprint density at radius 2 is 2.16 bits per heavy atom. The molecule has 5 nitrogen and oxygen atoms in total. The van der Waals surface area contributed by atoms with Crippen LogP contribution in [0.3, 0.4) is 0 Å². The fraction of sp³-hybridized carbons (Fsp3) is 0.417. The molecule has 0 unspecified atom stereocenters. The number of nitrogens with zero attached hydrogens (tertiary/aromatic N) is 1. The maximum absolute atomic E-state index is 11.5. The number of fused-ring (bicyclic) bond motifs is 1. The van der Waals surface area contributed by atoms with E-state index in [9.17, 15) is 4.79 Å². The zero-order valence-corrected chi connectivity index (χ0v) is 12.5. The number of likely N-dealkylation sites (N-methyl/N-ethyl adjacent to an activating group) is 1. The summed E-state index contributed by atoms with van der Waals surface area (Å²) in [7, 11) is 2.00. The minimum absolute atomic E-state index is 0. The van der Waals surface area contributed by atoms with Gasteiger partial charge >= 0.3 is 0 Å². The number of ether oxygens (including phenoxy) is 1. The molecule has 1 amide bonds. The Kier molecular flexibility index (Phi) is 6.97. The lowest BCUT2D eigenvalue weighted by Crippen LogP contribution is -2.33. The largest absolute Gasteiger partial charge is 0.490 e. The number of carbonyl (C=O) groups is 1. The van der Waals surface area contributed by atoms with Gasteiger partial charge in [-0.3, -0.25) is 4.79 Å². The van der Waals surface area contributed by atoms with Crippen molar-refractivity contribution in [1.29, 1.82) is 0 Å². The Balaban J connectivity index is 0.00000162. The summed E-state index contributed by atoms with van der Waals surface area (Å²) in [5.74, 6) is 0.655. The topological polar surface area (TPSA) is 67.6 Å². The summed E-state index contributed by atoms with van der Waals surface area (Å²) >= 11 is 0. The van der Waals surface area contributed by atoms with Gasteiger partial charge in [-0.05, 0) is 25.1 Å². The molecule has 0 aromatic heterocycles. The van der Waals surface area contributed by atoms with Crippen molar-refractivity contribution in [3.05, 3.63) is 18.2 Å². The lowest BCUT2D eigenvalue weighted by molar-refractivity contribution is -0.117. The second kappa shape index (κ2) is 7.43. The fourth-order valence-corrected chi connectivity index (χ4v) is 1.68. The number of nitrogens with two attached hydrogens (primary N) is 1. The van der Waals surface area contributed by atoms with Crippen LogP contribution < -0.4 is 20.7 Å². The quantitative estimate of drug-likeness (QED) is 0.872. The van der Waals surface area contributed by atoms with Gasteiger partial charge in [0, 0.05) is 12.7 Å². The predicted octanol–water partition coefficient (Wildman–Crippen LogP) is 1.64. The molecule has 3 N–H and O–H groups in total. The van der Waals surface area contributed by atoms with E-state index in [0.29, 0.717) is 6.61 Å². The highest BCUT2D eigenvalue weighted by Crippen LogP contribution is 2.33. The SMILES string of the molecule is C[C@@H](N)C(=O)Nc1ccc2c(c1)N(C)CCO2.Cl.Cl. The van der Waals surface area contributed by atoms with Gasteiger partial charge in [-0.25, -0.2) is 0 Å². The van der Waals surface area contributed by atoms with E-state index >= 15 is 0 Å². The van der Waals surface area contributed by atoms with Crippen LogP contribution in [0.4, 0.5) is 11.4 Å². The van der Waals surface area contributed by atoms with Crippen molar-refractivity contribution in [2.24, 2.45) is 5.73 Å². The van der Waals surface area contributed by atoms with Crippen LogP contribution in [0.25, 0.3) is 0 Å². The molecule has 0 spiro atoms. The van der Waals surface area contributed by atoms with Gasteiger partial charge in [0.05, 0.1) is 18.3 Å². The van der Waals surface area contributed by atoms with Gasteiger partial charge in [-0.15, -0.1) is 24.8 Å². The summed E-state index contributed by atoms with van der Waals surface area (Å²) in [6, 6.07) is 5.06. The molecule has 1 aliphatic heterocycles. The number of nitrogens with one attached hydrogen (secondary N) is 1. The predicted molar refractivity (Wildman–Crippen MR) is 82.0 cm³/mol. The summed E-state index contributed by atoms with van der Waals surface area (Å²) in [6.45, 7) is 3.19. The molecule has 0 aliphatic carbocycles. The van der Waals surface area contributed by atoms with Crippen LogP contribution in [0, 0.1) is 0 Å². The number of anilines is 2. The molecule has 7 heteroatoms. The molecule has 2 rings (SSSR count).